The van der Waals surface area contributed by atoms with Gasteiger partial charge in [0.05, 0.1) is 16.3 Å². The summed E-state index contributed by atoms with van der Waals surface area (Å²) in [6.07, 6.45) is 4.31. The number of pyridine rings is 1. The number of hydrogen-bond donors (Lipinski definition) is 0. The van der Waals surface area contributed by atoms with E-state index in [-0.39, 0.29) is 10.1 Å². The molecule has 5 nitrogen and oxygen atoms in total. The predicted molar refractivity (Wildman–Crippen MR) is 77.8 cm³/mol. The van der Waals surface area contributed by atoms with Gasteiger partial charge < -0.3 is 0 Å². The van der Waals surface area contributed by atoms with Gasteiger partial charge in [-0.25, -0.2) is 13.4 Å². The maximum absolute atomic E-state index is 12.4. The third-order valence-electron chi connectivity index (χ3n) is 3.14. The van der Waals surface area contributed by atoms with Gasteiger partial charge >= 0.3 is 0 Å². The molecule has 0 bridgehead atoms. The summed E-state index contributed by atoms with van der Waals surface area (Å²) in [5.74, 6) is 0. The van der Waals surface area contributed by atoms with Crippen LogP contribution in [0.3, 0.4) is 0 Å². The molecule has 0 aliphatic carbocycles. The highest BCUT2D eigenvalue weighted by molar-refractivity contribution is 8.00. The van der Waals surface area contributed by atoms with Gasteiger partial charge in [-0.15, -0.1) is 0 Å². The minimum atomic E-state index is -3.42. The average Bonchev–Trinajstić information content (AvgIpc) is 2.48. The van der Waals surface area contributed by atoms with Crippen LogP contribution in [0.15, 0.2) is 28.3 Å². The van der Waals surface area contributed by atoms with Gasteiger partial charge in [-0.1, -0.05) is 18.2 Å². The lowest BCUT2D eigenvalue weighted by Gasteiger charge is -2.25. The molecular formula is C13H17N3O2S2. The van der Waals surface area contributed by atoms with E-state index < -0.39 is 10.0 Å². The number of hydrogen-bond acceptors (Lipinski definition) is 5. The zero-order chi connectivity index (χ0) is 14.6. The predicted octanol–water partition coefficient (Wildman–Crippen LogP) is 2.26. The summed E-state index contributed by atoms with van der Waals surface area (Å²) in [6.45, 7) is 2.96. The van der Waals surface area contributed by atoms with Gasteiger partial charge in [0, 0.05) is 19.3 Å². The van der Waals surface area contributed by atoms with Crippen LogP contribution in [0.25, 0.3) is 0 Å². The van der Waals surface area contributed by atoms with Crippen molar-refractivity contribution in [1.82, 2.24) is 9.29 Å². The molecule has 7 heteroatoms. The Kier molecular flexibility index (Phi) is 5.02. The molecule has 0 aromatic carbocycles. The lowest BCUT2D eigenvalue weighted by Crippen LogP contribution is -2.35. The lowest BCUT2D eigenvalue weighted by atomic mass is 10.2. The fourth-order valence-electron chi connectivity index (χ4n) is 2.05. The van der Waals surface area contributed by atoms with Crippen LogP contribution in [0.1, 0.15) is 26.2 Å². The SMILES string of the molecule is C[C@@H](C#N)Sc1ccc(S(=O)(=O)N2CCCCC2)cn1. The number of nitrogens with zero attached hydrogens (tertiary/aromatic N) is 3. The first kappa shape index (κ1) is 15.3. The molecule has 1 saturated heterocycles. The zero-order valence-electron chi connectivity index (χ0n) is 11.3. The summed E-state index contributed by atoms with van der Waals surface area (Å²) < 4.78 is 26.3. The van der Waals surface area contributed by atoms with Crippen molar-refractivity contribution in [1.29, 1.82) is 5.26 Å². The standard InChI is InChI=1S/C13H17N3O2S2/c1-11(9-14)19-13-6-5-12(10-15-13)20(17,18)16-7-3-2-4-8-16/h5-6,10-11H,2-4,7-8H2,1H3/t11-/m0/s1. The molecule has 0 unspecified atom stereocenters. The molecule has 2 heterocycles. The minimum Gasteiger partial charge on any atom is -0.249 e. The van der Waals surface area contributed by atoms with Gasteiger partial charge in [0.2, 0.25) is 10.0 Å². The summed E-state index contributed by atoms with van der Waals surface area (Å²) in [5.41, 5.74) is 0. The Labute approximate surface area is 124 Å². The second-order valence-corrected chi connectivity index (χ2v) is 7.99. The van der Waals surface area contributed by atoms with Crippen molar-refractivity contribution < 1.29 is 8.42 Å². The first-order chi connectivity index (χ1) is 9.54. The van der Waals surface area contributed by atoms with Crippen molar-refractivity contribution in [3.8, 4) is 6.07 Å². The maximum atomic E-state index is 12.4. The van der Waals surface area contributed by atoms with Crippen molar-refractivity contribution in [2.24, 2.45) is 0 Å². The molecule has 20 heavy (non-hydrogen) atoms. The maximum Gasteiger partial charge on any atom is 0.244 e. The Balaban J connectivity index is 2.14. The molecule has 1 aromatic heterocycles. The first-order valence-corrected chi connectivity index (χ1v) is 8.88. The third kappa shape index (κ3) is 3.51. The summed E-state index contributed by atoms with van der Waals surface area (Å²) >= 11 is 1.32. The molecule has 1 fully saturated rings. The van der Waals surface area contributed by atoms with Crippen molar-refractivity contribution in [3.05, 3.63) is 18.3 Å². The molecule has 0 saturated carbocycles. The van der Waals surface area contributed by atoms with E-state index >= 15 is 0 Å². The van der Waals surface area contributed by atoms with Crippen LogP contribution in [0.5, 0.6) is 0 Å². The summed E-state index contributed by atoms with van der Waals surface area (Å²) in [6, 6.07) is 5.34. The number of rotatable bonds is 4. The highest BCUT2D eigenvalue weighted by Gasteiger charge is 2.26. The van der Waals surface area contributed by atoms with E-state index in [1.165, 1.54) is 22.3 Å². The molecule has 1 aliphatic rings. The van der Waals surface area contributed by atoms with Crippen LogP contribution in [0, 0.1) is 11.3 Å². The van der Waals surface area contributed by atoms with E-state index in [2.05, 4.69) is 11.1 Å². The minimum absolute atomic E-state index is 0.202. The van der Waals surface area contributed by atoms with E-state index in [4.69, 9.17) is 5.26 Å². The molecule has 1 atom stereocenters. The highest BCUT2D eigenvalue weighted by atomic mass is 32.2. The normalized spacial score (nSPS) is 18.4. The molecular weight excluding hydrogens is 294 g/mol. The Morgan fingerprint density at radius 2 is 2.05 bits per heavy atom. The van der Waals surface area contributed by atoms with Crippen molar-refractivity contribution in [3.63, 3.8) is 0 Å². The molecule has 108 valence electrons. The Morgan fingerprint density at radius 1 is 1.35 bits per heavy atom. The molecule has 1 aliphatic heterocycles. The van der Waals surface area contributed by atoms with Crippen LogP contribution in [-0.4, -0.2) is 36.0 Å². The molecule has 1 aromatic rings. The second kappa shape index (κ2) is 6.57. The van der Waals surface area contributed by atoms with E-state index in [1.807, 2.05) is 0 Å². The third-order valence-corrected chi connectivity index (χ3v) is 5.97. The Bertz CT molecular complexity index is 587. The number of thioether (sulfide) groups is 1. The zero-order valence-corrected chi connectivity index (χ0v) is 13.0. The summed E-state index contributed by atoms with van der Waals surface area (Å²) in [4.78, 5) is 4.36. The Morgan fingerprint density at radius 3 is 2.60 bits per heavy atom. The van der Waals surface area contributed by atoms with E-state index in [9.17, 15) is 8.42 Å². The van der Waals surface area contributed by atoms with Crippen LogP contribution in [-0.2, 0) is 10.0 Å². The lowest BCUT2D eigenvalue weighted by molar-refractivity contribution is 0.346. The number of nitriles is 1. The fraction of sp³-hybridized carbons (Fsp3) is 0.538. The van der Waals surface area contributed by atoms with Gasteiger partial charge in [0.15, 0.2) is 0 Å². The van der Waals surface area contributed by atoms with Gasteiger partial charge in [-0.3, -0.25) is 0 Å². The van der Waals surface area contributed by atoms with Gasteiger partial charge in [0.25, 0.3) is 0 Å². The van der Waals surface area contributed by atoms with Crippen LogP contribution in [0.4, 0.5) is 0 Å². The molecule has 0 radical (unpaired) electrons. The average molecular weight is 311 g/mol. The summed E-state index contributed by atoms with van der Waals surface area (Å²) in [5, 5.41) is 9.21. The van der Waals surface area contributed by atoms with E-state index in [1.54, 1.807) is 19.1 Å². The fourth-order valence-corrected chi connectivity index (χ4v) is 4.19. The monoisotopic (exact) mass is 311 g/mol. The smallest absolute Gasteiger partial charge is 0.244 e. The Hall–Kier alpha value is -1.10. The van der Waals surface area contributed by atoms with E-state index in [0.717, 1.165) is 19.3 Å². The van der Waals surface area contributed by atoms with Crippen molar-refractivity contribution in [2.45, 2.75) is 41.4 Å². The number of aromatic nitrogens is 1. The van der Waals surface area contributed by atoms with Gasteiger partial charge in [0.1, 0.15) is 4.90 Å². The van der Waals surface area contributed by atoms with Crippen LogP contribution in [0.2, 0.25) is 0 Å². The molecule has 2 rings (SSSR count). The van der Waals surface area contributed by atoms with Crippen LogP contribution < -0.4 is 0 Å². The number of sulfonamides is 1. The first-order valence-electron chi connectivity index (χ1n) is 6.56. The van der Waals surface area contributed by atoms with Gasteiger partial charge in [-0.05, 0) is 31.9 Å². The number of piperidine rings is 1. The summed E-state index contributed by atoms with van der Waals surface area (Å²) in [7, 11) is -3.42. The van der Waals surface area contributed by atoms with Crippen molar-refractivity contribution in [2.75, 3.05) is 13.1 Å². The van der Waals surface area contributed by atoms with E-state index in [0.29, 0.717) is 18.1 Å². The topological polar surface area (TPSA) is 74.1 Å². The van der Waals surface area contributed by atoms with Crippen molar-refractivity contribution >= 4 is 21.8 Å². The molecule has 0 N–H and O–H groups in total. The van der Waals surface area contributed by atoms with Gasteiger partial charge in [-0.2, -0.15) is 9.57 Å². The molecule has 0 amide bonds. The highest BCUT2D eigenvalue weighted by Crippen LogP contribution is 2.24. The second-order valence-electron chi connectivity index (χ2n) is 4.69. The largest absolute Gasteiger partial charge is 0.249 e. The van der Waals surface area contributed by atoms with Crippen LogP contribution >= 0.6 is 11.8 Å². The quantitative estimate of drug-likeness (QED) is 0.797. The molecule has 0 spiro atoms.